The van der Waals surface area contributed by atoms with Gasteiger partial charge in [-0.25, -0.2) is 12.8 Å². The van der Waals surface area contributed by atoms with E-state index in [1.54, 1.807) is 6.07 Å². The van der Waals surface area contributed by atoms with Gasteiger partial charge in [-0.05, 0) is 54.7 Å². The summed E-state index contributed by atoms with van der Waals surface area (Å²) >= 11 is 0. The molecule has 1 N–H and O–H groups in total. The first-order chi connectivity index (χ1) is 12.8. The number of hydrogen-bond acceptors (Lipinski definition) is 3. The topological polar surface area (TPSA) is 66.5 Å². The summed E-state index contributed by atoms with van der Waals surface area (Å²) < 4.78 is 40.9. The lowest BCUT2D eigenvalue weighted by atomic mass is 9.94. The van der Waals surface area contributed by atoms with Crippen LogP contribution in [0.2, 0.25) is 0 Å². The highest BCUT2D eigenvalue weighted by atomic mass is 32.2. The molecule has 1 fully saturated rings. The summed E-state index contributed by atoms with van der Waals surface area (Å²) in [4.78, 5) is 12.4. The normalized spacial score (nSPS) is 21.0. The molecule has 1 amide bonds. The van der Waals surface area contributed by atoms with Gasteiger partial charge >= 0.3 is 0 Å². The molecule has 2 aromatic carbocycles. The fraction of sp³-hybridized carbons (Fsp3) is 0.350. The molecule has 7 heteroatoms. The van der Waals surface area contributed by atoms with Gasteiger partial charge in [0.25, 0.3) is 5.91 Å². The van der Waals surface area contributed by atoms with Crippen molar-refractivity contribution in [1.82, 2.24) is 4.31 Å². The predicted octanol–water partition coefficient (Wildman–Crippen LogP) is 3.74. The van der Waals surface area contributed by atoms with E-state index < -0.39 is 21.7 Å². The first kappa shape index (κ1) is 19.5. The second kappa shape index (κ2) is 7.78. The summed E-state index contributed by atoms with van der Waals surface area (Å²) in [6.07, 6.45) is 1.02. The first-order valence-electron chi connectivity index (χ1n) is 8.93. The van der Waals surface area contributed by atoms with Gasteiger partial charge in [0.15, 0.2) is 0 Å². The van der Waals surface area contributed by atoms with Crippen molar-refractivity contribution < 1.29 is 17.6 Å². The van der Waals surface area contributed by atoms with Gasteiger partial charge in [-0.3, -0.25) is 4.79 Å². The van der Waals surface area contributed by atoms with Crippen LogP contribution >= 0.6 is 0 Å². The number of carbonyl (C=O) groups is 1. The molecule has 1 heterocycles. The van der Waals surface area contributed by atoms with Crippen LogP contribution < -0.4 is 5.32 Å². The molecule has 0 aromatic heterocycles. The number of nitrogens with one attached hydrogen (secondary N) is 1. The van der Waals surface area contributed by atoms with Gasteiger partial charge in [0.05, 0.1) is 10.6 Å². The van der Waals surface area contributed by atoms with Crippen LogP contribution in [-0.4, -0.2) is 31.7 Å². The van der Waals surface area contributed by atoms with Crippen LogP contribution in [0.4, 0.5) is 10.1 Å². The second-order valence-electron chi connectivity index (χ2n) is 7.23. The van der Waals surface area contributed by atoms with Crippen molar-refractivity contribution in [2.24, 2.45) is 11.8 Å². The third kappa shape index (κ3) is 4.36. The van der Waals surface area contributed by atoms with Crippen LogP contribution in [0.3, 0.4) is 0 Å². The Bertz CT molecular complexity index is 918. The molecule has 144 valence electrons. The molecule has 1 aliphatic heterocycles. The molecule has 0 bridgehead atoms. The number of amides is 1. The van der Waals surface area contributed by atoms with E-state index in [0.717, 1.165) is 6.42 Å². The molecular formula is C20H23FN2O3S. The molecule has 0 radical (unpaired) electrons. The number of carbonyl (C=O) groups excluding carboxylic acids is 1. The Morgan fingerprint density at radius 1 is 1.04 bits per heavy atom. The number of anilines is 1. The van der Waals surface area contributed by atoms with Gasteiger partial charge in [-0.15, -0.1) is 0 Å². The molecule has 0 spiro atoms. The highest BCUT2D eigenvalue weighted by Crippen LogP contribution is 2.27. The quantitative estimate of drug-likeness (QED) is 0.865. The van der Waals surface area contributed by atoms with Gasteiger partial charge in [-0.2, -0.15) is 4.31 Å². The van der Waals surface area contributed by atoms with Crippen molar-refractivity contribution >= 4 is 21.6 Å². The Balaban J connectivity index is 1.76. The third-order valence-corrected chi connectivity index (χ3v) is 6.56. The van der Waals surface area contributed by atoms with Crippen LogP contribution in [0.15, 0.2) is 53.4 Å². The van der Waals surface area contributed by atoms with Crippen molar-refractivity contribution in [3.05, 3.63) is 59.9 Å². The smallest absolute Gasteiger partial charge is 0.255 e. The summed E-state index contributed by atoms with van der Waals surface area (Å²) in [5.74, 6) is -0.397. The van der Waals surface area contributed by atoms with Crippen molar-refractivity contribution in [2.45, 2.75) is 25.2 Å². The lowest BCUT2D eigenvalue weighted by Gasteiger charge is -2.34. The molecule has 0 unspecified atom stereocenters. The zero-order valence-electron chi connectivity index (χ0n) is 15.4. The lowest BCUT2D eigenvalue weighted by molar-refractivity contribution is 0.102. The molecule has 3 rings (SSSR count). The highest BCUT2D eigenvalue weighted by molar-refractivity contribution is 7.89. The average molecular weight is 390 g/mol. The molecular weight excluding hydrogens is 367 g/mol. The number of rotatable bonds is 4. The van der Waals surface area contributed by atoms with Crippen LogP contribution in [-0.2, 0) is 10.0 Å². The second-order valence-corrected chi connectivity index (χ2v) is 9.16. The largest absolute Gasteiger partial charge is 0.319 e. The molecule has 5 nitrogen and oxygen atoms in total. The average Bonchev–Trinajstić information content (AvgIpc) is 2.63. The predicted molar refractivity (Wildman–Crippen MR) is 102 cm³/mol. The van der Waals surface area contributed by atoms with Gasteiger partial charge < -0.3 is 5.32 Å². The molecule has 27 heavy (non-hydrogen) atoms. The molecule has 0 saturated carbocycles. The van der Waals surface area contributed by atoms with Gasteiger partial charge in [0.1, 0.15) is 5.82 Å². The van der Waals surface area contributed by atoms with E-state index >= 15 is 0 Å². The van der Waals surface area contributed by atoms with Crippen LogP contribution in [0.25, 0.3) is 0 Å². The third-order valence-electron chi connectivity index (χ3n) is 4.71. The van der Waals surface area contributed by atoms with Crippen molar-refractivity contribution in [2.75, 3.05) is 18.4 Å². The maximum absolute atomic E-state index is 13.7. The van der Waals surface area contributed by atoms with Crippen molar-refractivity contribution in [3.8, 4) is 0 Å². The zero-order chi connectivity index (χ0) is 19.6. The monoisotopic (exact) mass is 390 g/mol. The van der Waals surface area contributed by atoms with Gasteiger partial charge in [-0.1, -0.05) is 26.0 Å². The Hall–Kier alpha value is -2.25. The minimum absolute atomic E-state index is 0.0792. The Labute approximate surface area is 159 Å². The maximum Gasteiger partial charge on any atom is 0.255 e. The zero-order valence-corrected chi connectivity index (χ0v) is 16.2. The Morgan fingerprint density at radius 3 is 2.22 bits per heavy atom. The van der Waals surface area contributed by atoms with Gasteiger partial charge in [0.2, 0.25) is 10.0 Å². The standard InChI is InChI=1S/C20H23FN2O3S/c1-14-11-15(2)13-23(12-14)27(25,26)17-9-7-16(8-10-17)20(24)22-19-6-4-3-5-18(19)21/h3-10,14-15H,11-13H2,1-2H3,(H,22,24)/t14-,15-/m1/s1. The fourth-order valence-electron chi connectivity index (χ4n) is 3.49. The van der Waals surface area contributed by atoms with E-state index in [1.807, 2.05) is 13.8 Å². The van der Waals surface area contributed by atoms with E-state index in [0.29, 0.717) is 24.9 Å². The SMILES string of the molecule is C[C@@H]1C[C@@H](C)CN(S(=O)(=O)c2ccc(C(=O)Nc3ccccc3F)cc2)C1. The molecule has 2 aromatic rings. The summed E-state index contributed by atoms with van der Waals surface area (Å²) in [5, 5.41) is 2.49. The molecule has 1 saturated heterocycles. The van der Waals surface area contributed by atoms with Crippen LogP contribution in [0, 0.1) is 17.7 Å². The summed E-state index contributed by atoms with van der Waals surface area (Å²) in [6, 6.07) is 11.6. The summed E-state index contributed by atoms with van der Waals surface area (Å²) in [6.45, 7) is 5.10. The minimum Gasteiger partial charge on any atom is -0.319 e. The van der Waals surface area contributed by atoms with E-state index in [-0.39, 0.29) is 16.1 Å². The molecule has 0 aliphatic carbocycles. The summed E-state index contributed by atoms with van der Waals surface area (Å²) in [7, 11) is -3.59. The highest BCUT2D eigenvalue weighted by Gasteiger charge is 2.31. The lowest BCUT2D eigenvalue weighted by Crippen LogP contribution is -2.42. The molecule has 1 aliphatic rings. The summed E-state index contributed by atoms with van der Waals surface area (Å²) in [5.41, 5.74) is 0.341. The Morgan fingerprint density at radius 2 is 1.63 bits per heavy atom. The fourth-order valence-corrected chi connectivity index (χ4v) is 5.17. The molecule has 2 atom stereocenters. The number of nitrogens with zero attached hydrogens (tertiary/aromatic N) is 1. The first-order valence-corrected chi connectivity index (χ1v) is 10.4. The minimum atomic E-state index is -3.59. The van der Waals surface area contributed by atoms with Crippen LogP contribution in [0.1, 0.15) is 30.6 Å². The number of hydrogen-bond donors (Lipinski definition) is 1. The Kier molecular flexibility index (Phi) is 5.62. The van der Waals surface area contributed by atoms with E-state index in [1.165, 1.54) is 46.8 Å². The maximum atomic E-state index is 13.7. The van der Waals surface area contributed by atoms with E-state index in [4.69, 9.17) is 0 Å². The number of benzene rings is 2. The van der Waals surface area contributed by atoms with Gasteiger partial charge in [0, 0.05) is 18.7 Å². The van der Waals surface area contributed by atoms with E-state index in [9.17, 15) is 17.6 Å². The number of piperidine rings is 1. The number of sulfonamides is 1. The number of para-hydroxylation sites is 1. The van der Waals surface area contributed by atoms with Crippen molar-refractivity contribution in [3.63, 3.8) is 0 Å². The number of halogens is 1. The van der Waals surface area contributed by atoms with Crippen LogP contribution in [0.5, 0.6) is 0 Å². The van der Waals surface area contributed by atoms with E-state index in [2.05, 4.69) is 5.32 Å². The van der Waals surface area contributed by atoms with Crippen molar-refractivity contribution in [1.29, 1.82) is 0 Å².